The van der Waals surface area contributed by atoms with Crippen molar-refractivity contribution in [3.8, 4) is 0 Å². The third-order valence-electron chi connectivity index (χ3n) is 14.5. The van der Waals surface area contributed by atoms with Crippen molar-refractivity contribution in [3.63, 3.8) is 0 Å². The number of hydrogen-bond acceptors (Lipinski definition) is 9. The van der Waals surface area contributed by atoms with Gasteiger partial charge in [-0.25, -0.2) is 8.78 Å². The quantitative estimate of drug-likeness (QED) is 0.198. The Labute approximate surface area is 311 Å². The Morgan fingerprint density at radius 1 is 0.846 bits per heavy atom. The first-order valence-corrected chi connectivity index (χ1v) is 21.5. The number of aliphatic hydroxyl groups excluding tert-OH is 1. The molecule has 296 valence electrons. The lowest BCUT2D eigenvalue weighted by Crippen LogP contribution is -2.74. The summed E-state index contributed by atoms with van der Waals surface area (Å²) in [5.41, 5.74) is 13.5. The number of allylic oxidation sites excluding steroid dienone is 1. The first kappa shape index (κ1) is 38.8. The number of likely N-dealkylation sites (tertiary alicyclic amines) is 3. The highest BCUT2D eigenvalue weighted by atomic mass is 19.1. The van der Waals surface area contributed by atoms with Crippen LogP contribution in [0.4, 0.5) is 8.78 Å². The van der Waals surface area contributed by atoms with E-state index in [2.05, 4.69) is 30.7 Å². The lowest BCUT2D eigenvalue weighted by molar-refractivity contribution is -0.137. The zero-order valence-electron chi connectivity index (χ0n) is 31.8. The van der Waals surface area contributed by atoms with E-state index in [1.54, 1.807) is 0 Å². The topological polar surface area (TPSA) is 135 Å². The molecule has 7 rings (SSSR count). The van der Waals surface area contributed by atoms with Gasteiger partial charge in [0, 0.05) is 56.4 Å². The van der Waals surface area contributed by atoms with Gasteiger partial charge in [-0.15, -0.1) is 0 Å². The van der Waals surface area contributed by atoms with Crippen LogP contribution in [0.25, 0.3) is 0 Å². The van der Waals surface area contributed by atoms with Crippen molar-refractivity contribution < 1.29 is 18.7 Å². The van der Waals surface area contributed by atoms with E-state index in [1.807, 2.05) is 0 Å². The van der Waals surface area contributed by atoms with E-state index in [4.69, 9.17) is 11.5 Å². The molecular formula is C40H70F2N8O2. The van der Waals surface area contributed by atoms with Crippen LogP contribution in [-0.2, 0) is 4.79 Å². The molecule has 0 spiro atoms. The standard InChI is InChI=1S/C40H70F2N8O2/c41-30-14-13-27-9-5-6-12-32(27)35(46-23-30)34(37(43)44)38(51)47-33-24-45-26-40(42,29-10-3-1-4-11-29)36(33)49-20-15-28(16-21-49)39(52)50-22-17-31(25-50)48-18-7-2-8-19-48/h27-31,33-34,36-38,45-47,51H,1-26,43-44H2/b35-32-. The predicted molar refractivity (Wildman–Crippen MR) is 201 cm³/mol. The Morgan fingerprint density at radius 3 is 2.33 bits per heavy atom. The van der Waals surface area contributed by atoms with Gasteiger partial charge in [0.1, 0.15) is 18.1 Å². The molecule has 0 bridgehead atoms. The van der Waals surface area contributed by atoms with Gasteiger partial charge >= 0.3 is 0 Å². The Morgan fingerprint density at radius 2 is 1.58 bits per heavy atom. The zero-order chi connectivity index (χ0) is 36.2. The summed E-state index contributed by atoms with van der Waals surface area (Å²) in [5.74, 6) is -0.224. The summed E-state index contributed by atoms with van der Waals surface area (Å²) < 4.78 is 32.9. The van der Waals surface area contributed by atoms with Crippen LogP contribution >= 0.6 is 0 Å². The fourth-order valence-electron chi connectivity index (χ4n) is 11.6. The third kappa shape index (κ3) is 8.53. The maximum absolute atomic E-state index is 18.0. The highest BCUT2D eigenvalue weighted by Crippen LogP contribution is 2.43. The molecule has 4 saturated heterocycles. The van der Waals surface area contributed by atoms with Crippen LogP contribution in [0.3, 0.4) is 0 Å². The number of alkyl halides is 2. The molecule has 7 aliphatic rings. The number of carbonyl (C=O) groups excluding carboxylic acids is 1. The normalized spacial score (nSPS) is 38.0. The second-order valence-corrected chi connectivity index (χ2v) is 17.7. The molecule has 10 nitrogen and oxygen atoms in total. The molecule has 5 heterocycles. The van der Waals surface area contributed by atoms with E-state index in [0.717, 1.165) is 115 Å². The molecule has 8 atom stereocenters. The molecule has 0 radical (unpaired) electrons. The lowest BCUT2D eigenvalue weighted by atomic mass is 9.70. The van der Waals surface area contributed by atoms with Crippen LogP contribution in [-0.4, -0.2) is 127 Å². The highest BCUT2D eigenvalue weighted by Gasteiger charge is 2.55. The van der Waals surface area contributed by atoms with Gasteiger partial charge in [0.2, 0.25) is 5.91 Å². The van der Waals surface area contributed by atoms with Crippen molar-refractivity contribution in [2.45, 2.75) is 152 Å². The summed E-state index contributed by atoms with van der Waals surface area (Å²) in [7, 11) is 0. The molecular weight excluding hydrogens is 662 g/mol. The fourth-order valence-corrected chi connectivity index (χ4v) is 11.6. The summed E-state index contributed by atoms with van der Waals surface area (Å²) in [6.07, 6.45) is 13.8. The predicted octanol–water partition coefficient (Wildman–Crippen LogP) is 3.35. The first-order valence-electron chi connectivity index (χ1n) is 21.5. The summed E-state index contributed by atoms with van der Waals surface area (Å²) >= 11 is 0. The van der Waals surface area contributed by atoms with Crippen LogP contribution in [0.15, 0.2) is 11.3 Å². The van der Waals surface area contributed by atoms with Crippen LogP contribution < -0.4 is 27.4 Å². The monoisotopic (exact) mass is 733 g/mol. The van der Waals surface area contributed by atoms with Crippen molar-refractivity contribution in [2.24, 2.45) is 35.1 Å². The summed E-state index contributed by atoms with van der Waals surface area (Å²) in [6.45, 7) is 6.29. The number of carbonyl (C=O) groups is 1. The van der Waals surface area contributed by atoms with Gasteiger partial charge in [-0.05, 0) is 121 Å². The van der Waals surface area contributed by atoms with Crippen molar-refractivity contribution in [3.05, 3.63) is 11.3 Å². The minimum absolute atomic E-state index is 0.0278. The summed E-state index contributed by atoms with van der Waals surface area (Å²) in [4.78, 5) is 20.9. The van der Waals surface area contributed by atoms with Crippen molar-refractivity contribution >= 4 is 5.91 Å². The molecule has 0 aromatic rings. The number of aliphatic hydroxyl groups is 1. The zero-order valence-corrected chi connectivity index (χ0v) is 31.8. The number of fused-ring (bicyclic) bond motifs is 1. The molecule has 0 aromatic heterocycles. The number of nitrogens with two attached hydrogens (primary N) is 2. The van der Waals surface area contributed by atoms with Gasteiger partial charge in [0.15, 0.2) is 0 Å². The van der Waals surface area contributed by atoms with Crippen molar-refractivity contribution in [1.82, 2.24) is 30.7 Å². The van der Waals surface area contributed by atoms with Gasteiger partial charge < -0.3 is 32.1 Å². The second-order valence-electron chi connectivity index (χ2n) is 17.7. The van der Waals surface area contributed by atoms with Gasteiger partial charge in [0.05, 0.1) is 18.1 Å². The van der Waals surface area contributed by atoms with E-state index >= 15 is 4.39 Å². The molecule has 5 aliphatic heterocycles. The Hall–Kier alpha value is -1.41. The molecule has 8 unspecified atom stereocenters. The first-order chi connectivity index (χ1) is 25.2. The van der Waals surface area contributed by atoms with Crippen LogP contribution in [0.2, 0.25) is 0 Å². The smallest absolute Gasteiger partial charge is 0.225 e. The minimum Gasteiger partial charge on any atom is -0.385 e. The van der Waals surface area contributed by atoms with Gasteiger partial charge in [-0.3, -0.25) is 19.9 Å². The Kier molecular flexibility index (Phi) is 13.1. The Balaban J connectivity index is 1.07. The van der Waals surface area contributed by atoms with Crippen LogP contribution in [0.5, 0.6) is 0 Å². The maximum Gasteiger partial charge on any atom is 0.225 e. The molecule has 2 aliphatic carbocycles. The summed E-state index contributed by atoms with van der Waals surface area (Å²) in [6, 6.07) is -0.376. The van der Waals surface area contributed by atoms with Gasteiger partial charge in [-0.1, -0.05) is 32.1 Å². The third-order valence-corrected chi connectivity index (χ3v) is 14.5. The van der Waals surface area contributed by atoms with E-state index in [1.165, 1.54) is 24.8 Å². The average molecular weight is 733 g/mol. The van der Waals surface area contributed by atoms with Crippen LogP contribution in [0.1, 0.15) is 109 Å². The number of hydrogen-bond donors (Lipinski definition) is 6. The summed E-state index contributed by atoms with van der Waals surface area (Å²) in [5, 5.41) is 22.4. The molecule has 52 heavy (non-hydrogen) atoms. The molecule has 12 heteroatoms. The van der Waals surface area contributed by atoms with Crippen molar-refractivity contribution in [1.29, 1.82) is 0 Å². The van der Waals surface area contributed by atoms with E-state index in [0.29, 0.717) is 32.1 Å². The van der Waals surface area contributed by atoms with Gasteiger partial charge in [-0.2, -0.15) is 0 Å². The largest absolute Gasteiger partial charge is 0.385 e. The number of piperidine rings is 3. The second kappa shape index (κ2) is 17.6. The Bertz CT molecular complexity index is 1210. The van der Waals surface area contributed by atoms with E-state index in [9.17, 15) is 14.3 Å². The maximum atomic E-state index is 18.0. The number of nitrogens with zero attached hydrogens (tertiary/aromatic N) is 3. The number of halogens is 2. The average Bonchev–Trinajstić information content (AvgIpc) is 3.66. The van der Waals surface area contributed by atoms with Crippen molar-refractivity contribution in [2.75, 3.05) is 58.9 Å². The van der Waals surface area contributed by atoms with Crippen LogP contribution in [0, 0.1) is 23.7 Å². The molecule has 0 aromatic carbocycles. The number of amides is 1. The molecule has 8 N–H and O–H groups in total. The minimum atomic E-state index is -1.49. The SMILES string of the molecule is NC(N)C(/C1=C2\CCCCC2CCC(F)CN1)C(O)NC1CNCC(F)(C2CCCCC2)C1N1CCC(C(=O)N2CCC(N3CCCCC3)C2)CC1. The fraction of sp³-hybridized carbons (Fsp3) is 0.925. The van der Waals surface area contributed by atoms with Gasteiger partial charge in [0.25, 0.3) is 0 Å². The lowest BCUT2D eigenvalue weighted by Gasteiger charge is -2.54. The molecule has 6 fully saturated rings. The molecule has 1 amide bonds. The highest BCUT2D eigenvalue weighted by molar-refractivity contribution is 5.79. The van der Waals surface area contributed by atoms with E-state index < -0.39 is 42.2 Å². The van der Waals surface area contributed by atoms with E-state index in [-0.39, 0.29) is 36.8 Å². The molecule has 2 saturated carbocycles. The number of nitrogens with one attached hydrogen (secondary N) is 3. The number of rotatable bonds is 9.